The van der Waals surface area contributed by atoms with E-state index in [-0.39, 0.29) is 12.0 Å². The van der Waals surface area contributed by atoms with Gasteiger partial charge < -0.3 is 10.2 Å². The Balaban J connectivity index is 2.43. The smallest absolute Gasteiger partial charge is 0.0772 e. The van der Waals surface area contributed by atoms with Gasteiger partial charge in [-0.3, -0.25) is 0 Å². The molecule has 0 spiro atoms. The van der Waals surface area contributed by atoms with Crippen molar-refractivity contribution in [3.8, 4) is 0 Å². The molecule has 0 heterocycles. The number of aliphatic hydroxyl groups is 2. The Hall–Kier alpha value is -0.600. The molecule has 126 valence electrons. The summed E-state index contributed by atoms with van der Waals surface area (Å²) in [6, 6.07) is 0. The highest BCUT2D eigenvalue weighted by Gasteiger charge is 2.47. The highest BCUT2D eigenvalue weighted by molar-refractivity contribution is 5.17. The highest BCUT2D eigenvalue weighted by Crippen LogP contribution is 2.48. The topological polar surface area (TPSA) is 40.5 Å². The fourth-order valence-electron chi connectivity index (χ4n) is 4.37. The van der Waals surface area contributed by atoms with Gasteiger partial charge >= 0.3 is 0 Å². The predicted octanol–water partition coefficient (Wildman–Crippen LogP) is 4.47. The maximum atomic E-state index is 11.6. The monoisotopic (exact) mass is 306 g/mol. The second kappa shape index (κ2) is 6.88. The molecule has 0 bridgehead atoms. The first-order valence-corrected chi connectivity index (χ1v) is 9.00. The van der Waals surface area contributed by atoms with Crippen LogP contribution in [0.25, 0.3) is 0 Å². The lowest BCUT2D eigenvalue weighted by molar-refractivity contribution is -0.100. The first-order valence-electron chi connectivity index (χ1n) is 9.00. The van der Waals surface area contributed by atoms with E-state index in [9.17, 15) is 10.2 Å². The molecular formula is C20H34O2. The van der Waals surface area contributed by atoms with Crippen LogP contribution in [0.15, 0.2) is 23.3 Å². The molecule has 0 aromatic heterocycles. The van der Waals surface area contributed by atoms with Gasteiger partial charge in [-0.2, -0.15) is 0 Å². The summed E-state index contributed by atoms with van der Waals surface area (Å²) in [6.07, 6.45) is 8.72. The van der Waals surface area contributed by atoms with Gasteiger partial charge in [0, 0.05) is 5.92 Å². The van der Waals surface area contributed by atoms with Crippen LogP contribution in [-0.4, -0.2) is 21.9 Å². The minimum atomic E-state index is -0.674. The fourth-order valence-corrected chi connectivity index (χ4v) is 4.37. The van der Waals surface area contributed by atoms with E-state index in [1.165, 1.54) is 12.0 Å². The van der Waals surface area contributed by atoms with E-state index in [1.807, 2.05) is 6.92 Å². The van der Waals surface area contributed by atoms with E-state index < -0.39 is 5.60 Å². The maximum Gasteiger partial charge on any atom is 0.0772 e. The third-order valence-corrected chi connectivity index (χ3v) is 6.23. The standard InChI is InChI=1S/C20H34O2/c1-13(2)17-8-7-16(5)20(22)11-10-15(4)19(21)9-6-14(3)12-18(17)20/h10,12-13,16-19,21-22H,6-9,11H2,1-5H3. The lowest BCUT2D eigenvalue weighted by Gasteiger charge is -2.49. The molecule has 2 aliphatic rings. The largest absolute Gasteiger partial charge is 0.389 e. The minimum absolute atomic E-state index is 0.232. The molecular weight excluding hydrogens is 272 g/mol. The number of aliphatic hydroxyl groups excluding tert-OH is 1. The average molecular weight is 306 g/mol. The molecule has 2 rings (SSSR count). The Bertz CT molecular complexity index is 449. The first kappa shape index (κ1) is 17.7. The lowest BCUT2D eigenvalue weighted by atomic mass is 9.59. The number of rotatable bonds is 1. The summed E-state index contributed by atoms with van der Waals surface area (Å²) < 4.78 is 0. The first-order chi connectivity index (χ1) is 10.3. The van der Waals surface area contributed by atoms with E-state index in [0.29, 0.717) is 24.2 Å². The van der Waals surface area contributed by atoms with Gasteiger partial charge in [0.15, 0.2) is 0 Å². The van der Waals surface area contributed by atoms with Gasteiger partial charge in [-0.25, -0.2) is 0 Å². The minimum Gasteiger partial charge on any atom is -0.389 e. The molecule has 5 atom stereocenters. The summed E-state index contributed by atoms with van der Waals surface area (Å²) >= 11 is 0. The molecule has 5 unspecified atom stereocenters. The second-order valence-electron chi connectivity index (χ2n) is 8.12. The summed E-state index contributed by atoms with van der Waals surface area (Å²) in [6.45, 7) is 10.9. The van der Waals surface area contributed by atoms with E-state index >= 15 is 0 Å². The molecule has 2 heteroatoms. The van der Waals surface area contributed by atoms with Gasteiger partial charge in [0.05, 0.1) is 11.7 Å². The Morgan fingerprint density at radius 2 is 1.86 bits per heavy atom. The van der Waals surface area contributed by atoms with E-state index in [0.717, 1.165) is 24.8 Å². The summed E-state index contributed by atoms with van der Waals surface area (Å²) in [5.74, 6) is 1.67. The van der Waals surface area contributed by atoms with Crippen LogP contribution >= 0.6 is 0 Å². The summed E-state index contributed by atoms with van der Waals surface area (Å²) in [5, 5.41) is 21.8. The molecule has 0 amide bonds. The van der Waals surface area contributed by atoms with Crippen molar-refractivity contribution in [1.82, 2.24) is 0 Å². The van der Waals surface area contributed by atoms with E-state index in [2.05, 4.69) is 39.8 Å². The van der Waals surface area contributed by atoms with Crippen LogP contribution in [0.5, 0.6) is 0 Å². The van der Waals surface area contributed by atoms with Crippen LogP contribution in [0.1, 0.15) is 66.7 Å². The molecule has 0 saturated heterocycles. The number of fused-ring (bicyclic) bond motifs is 1. The van der Waals surface area contributed by atoms with Gasteiger partial charge in [-0.15, -0.1) is 0 Å². The Morgan fingerprint density at radius 1 is 1.18 bits per heavy atom. The predicted molar refractivity (Wildman–Crippen MR) is 92.5 cm³/mol. The van der Waals surface area contributed by atoms with Crippen LogP contribution in [0, 0.1) is 23.7 Å². The van der Waals surface area contributed by atoms with Crippen LogP contribution in [0.4, 0.5) is 0 Å². The van der Waals surface area contributed by atoms with E-state index in [4.69, 9.17) is 0 Å². The number of hydrogen-bond acceptors (Lipinski definition) is 2. The van der Waals surface area contributed by atoms with Crippen molar-refractivity contribution < 1.29 is 10.2 Å². The zero-order valence-electron chi connectivity index (χ0n) is 15.0. The summed E-state index contributed by atoms with van der Waals surface area (Å²) in [4.78, 5) is 0. The van der Waals surface area contributed by atoms with Gasteiger partial charge in [0.2, 0.25) is 0 Å². The van der Waals surface area contributed by atoms with Crippen LogP contribution < -0.4 is 0 Å². The molecule has 0 radical (unpaired) electrons. The average Bonchev–Trinajstić information content (AvgIpc) is 2.46. The maximum absolute atomic E-state index is 11.6. The van der Waals surface area contributed by atoms with Crippen molar-refractivity contribution in [3.05, 3.63) is 23.3 Å². The molecule has 1 saturated carbocycles. The molecule has 0 aromatic rings. The third kappa shape index (κ3) is 3.49. The van der Waals surface area contributed by atoms with Crippen molar-refractivity contribution in [3.63, 3.8) is 0 Å². The molecule has 2 N–H and O–H groups in total. The number of hydrogen-bond donors (Lipinski definition) is 2. The zero-order valence-corrected chi connectivity index (χ0v) is 15.0. The highest BCUT2D eigenvalue weighted by atomic mass is 16.3. The molecule has 0 aromatic carbocycles. The van der Waals surface area contributed by atoms with Crippen LogP contribution in [0.2, 0.25) is 0 Å². The molecule has 2 aliphatic carbocycles. The van der Waals surface area contributed by atoms with Crippen molar-refractivity contribution in [1.29, 1.82) is 0 Å². The molecule has 1 fully saturated rings. The second-order valence-corrected chi connectivity index (χ2v) is 8.12. The van der Waals surface area contributed by atoms with Crippen molar-refractivity contribution in [2.75, 3.05) is 0 Å². The SMILES string of the molecule is CC1=CC2C(C(C)C)CCC(C)C2(O)CC=C(C)C(O)CC1. The normalized spacial score (nSPS) is 40.7. The molecule has 2 nitrogen and oxygen atoms in total. The quantitative estimate of drug-likeness (QED) is 0.702. The van der Waals surface area contributed by atoms with Crippen LogP contribution in [0.3, 0.4) is 0 Å². The van der Waals surface area contributed by atoms with Gasteiger partial charge in [0.1, 0.15) is 0 Å². The Labute approximate surface area is 136 Å². The van der Waals surface area contributed by atoms with E-state index in [1.54, 1.807) is 0 Å². The van der Waals surface area contributed by atoms with Gasteiger partial charge in [0.25, 0.3) is 0 Å². The lowest BCUT2D eigenvalue weighted by Crippen LogP contribution is -2.51. The molecule has 0 aliphatic heterocycles. The summed E-state index contributed by atoms with van der Waals surface area (Å²) in [5.41, 5.74) is 1.66. The molecule has 22 heavy (non-hydrogen) atoms. The third-order valence-electron chi connectivity index (χ3n) is 6.23. The fraction of sp³-hybridized carbons (Fsp3) is 0.800. The number of allylic oxidation sites excluding steroid dienone is 1. The summed E-state index contributed by atoms with van der Waals surface area (Å²) in [7, 11) is 0. The van der Waals surface area contributed by atoms with Crippen LogP contribution in [-0.2, 0) is 0 Å². The van der Waals surface area contributed by atoms with Gasteiger partial charge in [-0.1, -0.05) is 38.5 Å². The van der Waals surface area contributed by atoms with Crippen molar-refractivity contribution in [2.45, 2.75) is 78.4 Å². The Morgan fingerprint density at radius 3 is 2.50 bits per heavy atom. The van der Waals surface area contributed by atoms with Crippen molar-refractivity contribution >= 4 is 0 Å². The van der Waals surface area contributed by atoms with Gasteiger partial charge in [-0.05, 0) is 69.3 Å². The Kier molecular flexibility index (Phi) is 5.55. The zero-order chi connectivity index (χ0) is 16.5. The van der Waals surface area contributed by atoms with Crippen molar-refractivity contribution in [2.24, 2.45) is 23.7 Å².